The summed E-state index contributed by atoms with van der Waals surface area (Å²) in [5.41, 5.74) is -0.639. The van der Waals surface area contributed by atoms with Crippen molar-refractivity contribution in [2.75, 3.05) is 26.8 Å². The van der Waals surface area contributed by atoms with Crippen molar-refractivity contribution in [3.8, 4) is 0 Å². The minimum Gasteiger partial charge on any atom is -0.445 e. The van der Waals surface area contributed by atoms with Gasteiger partial charge in [-0.05, 0) is 20.0 Å². The van der Waals surface area contributed by atoms with Gasteiger partial charge in [0.2, 0.25) is 0 Å². The number of likely N-dealkylation sites (N-methyl/N-ethyl adjacent to an activating group) is 1. The third-order valence-electron chi connectivity index (χ3n) is 2.44. The SMILES string of the molecule is C=C(CN(C)C1CCOC1)[B-](F)(F)F.[K+]. The fraction of sp³-hybridized carbons (Fsp3) is 0.750. The van der Waals surface area contributed by atoms with E-state index in [0.717, 1.165) is 6.42 Å². The van der Waals surface area contributed by atoms with Crippen LogP contribution in [0.4, 0.5) is 12.9 Å². The molecule has 2 nitrogen and oxygen atoms in total. The van der Waals surface area contributed by atoms with Crippen molar-refractivity contribution in [3.63, 3.8) is 0 Å². The molecule has 0 aromatic carbocycles. The largest absolute Gasteiger partial charge is 1.00 e. The maximum atomic E-state index is 12.2. The molecule has 1 atom stereocenters. The van der Waals surface area contributed by atoms with Gasteiger partial charge in [0.05, 0.1) is 6.61 Å². The van der Waals surface area contributed by atoms with E-state index in [1.807, 2.05) is 0 Å². The Morgan fingerprint density at radius 1 is 1.53 bits per heavy atom. The molecular weight excluding hydrogens is 233 g/mol. The summed E-state index contributed by atoms with van der Waals surface area (Å²) in [4.78, 5) is 1.66. The predicted octanol–water partition coefficient (Wildman–Crippen LogP) is -1.35. The number of ether oxygens (including phenoxy) is 1. The van der Waals surface area contributed by atoms with Crippen molar-refractivity contribution in [2.24, 2.45) is 0 Å². The number of halogens is 3. The van der Waals surface area contributed by atoms with Gasteiger partial charge in [0, 0.05) is 12.6 Å². The van der Waals surface area contributed by atoms with Crippen LogP contribution in [-0.4, -0.2) is 44.7 Å². The Labute approximate surface area is 131 Å². The Morgan fingerprint density at radius 3 is 2.53 bits per heavy atom. The van der Waals surface area contributed by atoms with Gasteiger partial charge in [0.15, 0.2) is 0 Å². The van der Waals surface area contributed by atoms with Crippen molar-refractivity contribution in [2.45, 2.75) is 12.5 Å². The van der Waals surface area contributed by atoms with Gasteiger partial charge in [-0.1, -0.05) is 0 Å². The molecule has 0 bridgehead atoms. The standard InChI is InChI=1S/C8H14BF3NO.K/c1-7(9(10,11)12)5-13(2)8-3-4-14-6-8;/h8H,1,3-6H2,2H3;/q-1;+1. The topological polar surface area (TPSA) is 12.5 Å². The number of hydrogen-bond acceptors (Lipinski definition) is 2. The van der Waals surface area contributed by atoms with Crippen LogP contribution < -0.4 is 51.4 Å². The summed E-state index contributed by atoms with van der Waals surface area (Å²) in [6.07, 6.45) is 0.800. The molecule has 15 heavy (non-hydrogen) atoms. The molecule has 1 aliphatic heterocycles. The zero-order valence-electron chi connectivity index (χ0n) is 9.18. The minimum absolute atomic E-state index is 0. The van der Waals surface area contributed by atoms with E-state index in [4.69, 9.17) is 4.74 Å². The summed E-state index contributed by atoms with van der Waals surface area (Å²) in [6, 6.07) is 0.102. The Balaban J connectivity index is 0.00000196. The van der Waals surface area contributed by atoms with E-state index >= 15 is 0 Å². The van der Waals surface area contributed by atoms with Crippen LogP contribution in [0, 0.1) is 0 Å². The molecule has 0 aromatic rings. The van der Waals surface area contributed by atoms with Crippen molar-refractivity contribution < 1.29 is 69.1 Å². The summed E-state index contributed by atoms with van der Waals surface area (Å²) in [5.74, 6) is 0. The molecule has 0 amide bonds. The van der Waals surface area contributed by atoms with Crippen LogP contribution in [0.3, 0.4) is 0 Å². The third-order valence-corrected chi connectivity index (χ3v) is 2.44. The van der Waals surface area contributed by atoms with Gasteiger partial charge in [0.1, 0.15) is 0 Å². The molecule has 1 heterocycles. The predicted molar refractivity (Wildman–Crippen MR) is 50.1 cm³/mol. The molecule has 0 N–H and O–H groups in total. The van der Waals surface area contributed by atoms with Gasteiger partial charge in [-0.25, -0.2) is 0 Å². The first-order valence-corrected chi connectivity index (χ1v) is 4.57. The molecule has 1 aliphatic rings. The van der Waals surface area contributed by atoms with Crippen LogP contribution >= 0.6 is 0 Å². The van der Waals surface area contributed by atoms with Crippen molar-refractivity contribution >= 4 is 6.98 Å². The molecule has 1 saturated heterocycles. The zero-order valence-corrected chi connectivity index (χ0v) is 12.3. The second kappa shape index (κ2) is 6.78. The van der Waals surface area contributed by atoms with Crippen molar-refractivity contribution in [3.05, 3.63) is 12.1 Å². The molecular formula is C8H14BF3KNO. The van der Waals surface area contributed by atoms with E-state index in [1.165, 1.54) is 0 Å². The van der Waals surface area contributed by atoms with Crippen LogP contribution in [0.1, 0.15) is 6.42 Å². The minimum atomic E-state index is -4.90. The van der Waals surface area contributed by atoms with E-state index in [1.54, 1.807) is 11.9 Å². The summed E-state index contributed by atoms with van der Waals surface area (Å²) in [6.45, 7) is -0.795. The second-order valence-corrected chi connectivity index (χ2v) is 3.67. The average molecular weight is 247 g/mol. The molecule has 0 radical (unpaired) electrons. The molecule has 0 spiro atoms. The summed E-state index contributed by atoms with van der Waals surface area (Å²) in [7, 11) is 1.67. The first-order valence-electron chi connectivity index (χ1n) is 4.57. The van der Waals surface area contributed by atoms with Gasteiger partial charge in [0.25, 0.3) is 0 Å². The van der Waals surface area contributed by atoms with Gasteiger partial charge >= 0.3 is 58.4 Å². The quantitative estimate of drug-likeness (QED) is 0.570. The van der Waals surface area contributed by atoms with E-state index in [-0.39, 0.29) is 64.0 Å². The summed E-state index contributed by atoms with van der Waals surface area (Å²) < 4.78 is 41.7. The molecule has 0 aliphatic carbocycles. The van der Waals surface area contributed by atoms with Crippen LogP contribution in [0.2, 0.25) is 0 Å². The zero-order chi connectivity index (χ0) is 10.8. The molecule has 1 fully saturated rings. The van der Waals surface area contributed by atoms with E-state index in [0.29, 0.717) is 13.2 Å². The van der Waals surface area contributed by atoms with E-state index in [9.17, 15) is 12.9 Å². The first-order chi connectivity index (χ1) is 6.41. The monoisotopic (exact) mass is 247 g/mol. The fourth-order valence-electron chi connectivity index (χ4n) is 1.42. The number of nitrogens with zero attached hydrogens (tertiary/aromatic N) is 1. The number of hydrogen-bond donors (Lipinski definition) is 0. The van der Waals surface area contributed by atoms with Crippen LogP contribution in [-0.2, 0) is 4.74 Å². The van der Waals surface area contributed by atoms with Crippen LogP contribution in [0.15, 0.2) is 12.1 Å². The van der Waals surface area contributed by atoms with Gasteiger partial charge in [-0.15, -0.1) is 12.1 Å². The maximum Gasteiger partial charge on any atom is 1.00 e. The summed E-state index contributed by atoms with van der Waals surface area (Å²) >= 11 is 0. The fourth-order valence-corrected chi connectivity index (χ4v) is 1.42. The molecule has 1 rings (SSSR count). The second-order valence-electron chi connectivity index (χ2n) is 3.67. The van der Waals surface area contributed by atoms with Gasteiger partial charge < -0.3 is 22.6 Å². The number of rotatable bonds is 4. The Hall–Kier alpha value is 1.15. The third kappa shape index (κ3) is 5.34. The molecule has 7 heteroatoms. The Bertz CT molecular complexity index is 218. The van der Waals surface area contributed by atoms with Crippen LogP contribution in [0.25, 0.3) is 0 Å². The van der Waals surface area contributed by atoms with Crippen molar-refractivity contribution in [1.82, 2.24) is 4.90 Å². The van der Waals surface area contributed by atoms with E-state index in [2.05, 4.69) is 6.58 Å². The first kappa shape index (κ1) is 16.2. The smallest absolute Gasteiger partial charge is 0.445 e. The Morgan fingerprint density at radius 2 is 2.13 bits per heavy atom. The van der Waals surface area contributed by atoms with Gasteiger partial charge in [-0.3, -0.25) is 0 Å². The average Bonchev–Trinajstić information content (AvgIpc) is 2.53. The maximum absolute atomic E-state index is 12.2. The molecule has 0 saturated carbocycles. The Kier molecular flexibility index (Phi) is 7.30. The van der Waals surface area contributed by atoms with Gasteiger partial charge in [-0.2, -0.15) is 0 Å². The van der Waals surface area contributed by atoms with Crippen LogP contribution in [0.5, 0.6) is 0 Å². The summed E-state index contributed by atoms with van der Waals surface area (Å²) in [5, 5.41) is 0. The molecule has 0 aromatic heterocycles. The molecule has 82 valence electrons. The normalized spacial score (nSPS) is 21.5. The molecule has 1 unspecified atom stereocenters. The van der Waals surface area contributed by atoms with Crippen molar-refractivity contribution in [1.29, 1.82) is 0 Å². The van der Waals surface area contributed by atoms with E-state index < -0.39 is 12.4 Å².